The molecule has 8 nitrogen and oxygen atoms in total. The molecule has 3 saturated heterocycles. The summed E-state index contributed by atoms with van der Waals surface area (Å²) in [6, 6.07) is -0.908. The molecule has 2 unspecified atom stereocenters. The first-order valence-corrected chi connectivity index (χ1v) is 11.5. The zero-order valence-electron chi connectivity index (χ0n) is 19.7. The van der Waals surface area contributed by atoms with Crippen molar-refractivity contribution in [2.24, 2.45) is 11.8 Å². The van der Waals surface area contributed by atoms with Crippen molar-refractivity contribution >= 4 is 17.7 Å². The number of hydrogen-bond acceptors (Lipinski definition) is 5. The summed E-state index contributed by atoms with van der Waals surface area (Å²) in [5, 5.41) is 9.42. The van der Waals surface area contributed by atoms with Crippen LogP contribution in [0.1, 0.15) is 40.0 Å². The third-order valence-electron chi connectivity index (χ3n) is 7.35. The predicted octanol–water partition coefficient (Wildman–Crippen LogP) is 1.20. The second-order valence-electron chi connectivity index (χ2n) is 9.72. The van der Waals surface area contributed by atoms with E-state index in [1.807, 2.05) is 20.8 Å². The molecule has 32 heavy (non-hydrogen) atoms. The minimum absolute atomic E-state index is 0.0870. The van der Waals surface area contributed by atoms with Crippen molar-refractivity contribution in [1.82, 2.24) is 14.7 Å². The van der Waals surface area contributed by atoms with Crippen LogP contribution in [0.25, 0.3) is 0 Å². The lowest BCUT2D eigenvalue weighted by Crippen LogP contribution is -2.57. The molecule has 3 aliphatic heterocycles. The number of amides is 3. The van der Waals surface area contributed by atoms with Crippen LogP contribution in [0.2, 0.25) is 0 Å². The maximum absolute atomic E-state index is 13.9. The average molecular weight is 448 g/mol. The highest BCUT2D eigenvalue weighted by Gasteiger charge is 2.78. The van der Waals surface area contributed by atoms with Crippen LogP contribution in [0.3, 0.4) is 0 Å². The van der Waals surface area contributed by atoms with Gasteiger partial charge in [-0.2, -0.15) is 0 Å². The molecule has 3 amide bonds. The molecule has 3 fully saturated rings. The molecule has 0 radical (unpaired) electrons. The van der Waals surface area contributed by atoms with Crippen LogP contribution in [0.15, 0.2) is 25.3 Å². The molecule has 1 N–H and O–H groups in total. The maximum Gasteiger partial charge on any atom is 0.248 e. The molecule has 1 spiro atoms. The van der Waals surface area contributed by atoms with Gasteiger partial charge in [-0.1, -0.05) is 12.2 Å². The van der Waals surface area contributed by atoms with Gasteiger partial charge in [0.2, 0.25) is 17.7 Å². The smallest absolute Gasteiger partial charge is 0.248 e. The Morgan fingerprint density at radius 2 is 1.91 bits per heavy atom. The number of aliphatic hydroxyl groups is 1. The number of carbonyl (C=O) groups is 3. The molecular formula is C24H37N3O5. The maximum atomic E-state index is 13.9. The number of likely N-dealkylation sites (tertiary alicyclic amines) is 1. The SMILES string of the molecule is C=CCN(C)C(=O)[C@H]1[C@H]2C(=O)N(CCCO)C(C(=O)N(CC=C)C(C)C)C23CC[C@]1(C)O3. The molecule has 5 atom stereocenters. The van der Waals surface area contributed by atoms with Crippen LogP contribution in [-0.2, 0) is 19.1 Å². The van der Waals surface area contributed by atoms with E-state index in [4.69, 9.17) is 4.74 Å². The summed E-state index contributed by atoms with van der Waals surface area (Å²) in [5.74, 6) is -1.95. The lowest BCUT2D eigenvalue weighted by molar-refractivity contribution is -0.154. The van der Waals surface area contributed by atoms with E-state index in [0.29, 0.717) is 32.4 Å². The summed E-state index contributed by atoms with van der Waals surface area (Å²) < 4.78 is 6.58. The molecule has 0 saturated carbocycles. The van der Waals surface area contributed by atoms with E-state index in [1.54, 1.807) is 33.9 Å². The number of fused-ring (bicyclic) bond motifs is 1. The summed E-state index contributed by atoms with van der Waals surface area (Å²) in [7, 11) is 1.70. The van der Waals surface area contributed by atoms with E-state index < -0.39 is 29.1 Å². The molecule has 0 aromatic heterocycles. The molecule has 0 aromatic rings. The number of aliphatic hydroxyl groups excluding tert-OH is 1. The lowest BCUT2D eigenvalue weighted by atomic mass is 9.66. The fraction of sp³-hybridized carbons (Fsp3) is 0.708. The van der Waals surface area contributed by atoms with Gasteiger partial charge in [0.15, 0.2) is 0 Å². The van der Waals surface area contributed by atoms with E-state index in [-0.39, 0.29) is 36.9 Å². The van der Waals surface area contributed by atoms with Gasteiger partial charge in [-0.3, -0.25) is 14.4 Å². The monoisotopic (exact) mass is 447 g/mol. The number of hydrogen-bond donors (Lipinski definition) is 1. The fourth-order valence-electron chi connectivity index (χ4n) is 5.94. The lowest BCUT2D eigenvalue weighted by Gasteiger charge is -2.38. The van der Waals surface area contributed by atoms with Gasteiger partial charge in [-0.25, -0.2) is 0 Å². The van der Waals surface area contributed by atoms with Gasteiger partial charge in [0.25, 0.3) is 0 Å². The Morgan fingerprint density at radius 1 is 1.25 bits per heavy atom. The van der Waals surface area contributed by atoms with Crippen LogP contribution in [0, 0.1) is 11.8 Å². The van der Waals surface area contributed by atoms with Crippen molar-refractivity contribution in [1.29, 1.82) is 0 Å². The van der Waals surface area contributed by atoms with Crippen molar-refractivity contribution in [3.8, 4) is 0 Å². The Bertz CT molecular complexity index is 799. The third kappa shape index (κ3) is 3.57. The number of nitrogens with zero attached hydrogens (tertiary/aromatic N) is 3. The van der Waals surface area contributed by atoms with Crippen molar-refractivity contribution in [2.45, 2.75) is 63.3 Å². The Kier molecular flexibility index (Phi) is 6.86. The van der Waals surface area contributed by atoms with E-state index in [1.165, 1.54) is 0 Å². The highest BCUT2D eigenvalue weighted by molar-refractivity contribution is 5.99. The Labute approximate surface area is 190 Å². The van der Waals surface area contributed by atoms with Gasteiger partial charge in [0, 0.05) is 39.3 Å². The molecule has 2 bridgehead atoms. The van der Waals surface area contributed by atoms with Gasteiger partial charge < -0.3 is 24.5 Å². The van der Waals surface area contributed by atoms with Gasteiger partial charge >= 0.3 is 0 Å². The largest absolute Gasteiger partial charge is 0.396 e. The summed E-state index contributed by atoms with van der Waals surface area (Å²) >= 11 is 0. The number of likely N-dealkylation sites (N-methyl/N-ethyl adjacent to an activating group) is 1. The standard InChI is InChI=1S/C24H37N3O5/c1-7-12-25(6)20(29)17-18-21(30)27(14-9-15-28)19(22(31)26(13-8-2)16(3)4)24(18)11-10-23(17,5)32-24/h7-8,16-19,28H,1-2,9-15H2,3-6H3/t17-,18+,19?,23+,24?/m1/s1. The Morgan fingerprint density at radius 3 is 2.47 bits per heavy atom. The highest BCUT2D eigenvalue weighted by Crippen LogP contribution is 2.63. The first-order valence-electron chi connectivity index (χ1n) is 11.5. The third-order valence-corrected chi connectivity index (χ3v) is 7.35. The minimum Gasteiger partial charge on any atom is -0.396 e. The predicted molar refractivity (Wildman–Crippen MR) is 121 cm³/mol. The van der Waals surface area contributed by atoms with Crippen molar-refractivity contribution < 1.29 is 24.2 Å². The quantitative estimate of drug-likeness (QED) is 0.508. The average Bonchev–Trinajstić information content (AvgIpc) is 3.30. The van der Waals surface area contributed by atoms with Crippen LogP contribution < -0.4 is 0 Å². The van der Waals surface area contributed by atoms with Crippen LogP contribution in [0.4, 0.5) is 0 Å². The normalized spacial score (nSPS) is 32.9. The summed E-state index contributed by atoms with van der Waals surface area (Å²) in [5.41, 5.74) is -1.84. The summed E-state index contributed by atoms with van der Waals surface area (Å²) in [4.78, 5) is 45.9. The highest BCUT2D eigenvalue weighted by atomic mass is 16.5. The van der Waals surface area contributed by atoms with Crippen molar-refractivity contribution in [2.75, 3.05) is 33.3 Å². The van der Waals surface area contributed by atoms with E-state index in [2.05, 4.69) is 13.2 Å². The van der Waals surface area contributed by atoms with E-state index in [0.717, 1.165) is 0 Å². The zero-order valence-corrected chi connectivity index (χ0v) is 19.7. The minimum atomic E-state index is -1.04. The number of carbonyl (C=O) groups excluding carboxylic acids is 3. The molecule has 178 valence electrons. The van der Waals surface area contributed by atoms with Gasteiger partial charge in [-0.05, 0) is 40.0 Å². The number of ether oxygens (including phenoxy) is 1. The summed E-state index contributed by atoms with van der Waals surface area (Å²) in [6.45, 7) is 14.1. The van der Waals surface area contributed by atoms with E-state index >= 15 is 0 Å². The van der Waals surface area contributed by atoms with Crippen molar-refractivity contribution in [3.63, 3.8) is 0 Å². The number of rotatable bonds is 10. The summed E-state index contributed by atoms with van der Waals surface area (Å²) in [6.07, 6.45) is 4.83. The topological polar surface area (TPSA) is 90.4 Å². The molecule has 8 heteroatoms. The van der Waals surface area contributed by atoms with Crippen LogP contribution >= 0.6 is 0 Å². The fourth-order valence-corrected chi connectivity index (χ4v) is 5.94. The van der Waals surface area contributed by atoms with Gasteiger partial charge in [0.1, 0.15) is 11.6 Å². The molecule has 0 aromatic carbocycles. The molecular weight excluding hydrogens is 410 g/mol. The second-order valence-corrected chi connectivity index (χ2v) is 9.72. The Balaban J connectivity index is 2.07. The molecule has 3 rings (SSSR count). The molecule has 0 aliphatic carbocycles. The van der Waals surface area contributed by atoms with Crippen LogP contribution in [0.5, 0.6) is 0 Å². The molecule has 3 heterocycles. The van der Waals surface area contributed by atoms with E-state index in [9.17, 15) is 19.5 Å². The Hall–Kier alpha value is -2.19. The van der Waals surface area contributed by atoms with Crippen molar-refractivity contribution in [3.05, 3.63) is 25.3 Å². The van der Waals surface area contributed by atoms with Crippen LogP contribution in [-0.4, -0.2) is 94.1 Å². The second kappa shape index (κ2) is 8.98. The first kappa shape index (κ1) is 24.5. The van der Waals surface area contributed by atoms with Gasteiger partial charge in [0.05, 0.1) is 17.4 Å². The zero-order chi connectivity index (χ0) is 23.8. The van der Waals surface area contributed by atoms with Gasteiger partial charge in [-0.15, -0.1) is 13.2 Å². The molecule has 3 aliphatic rings. The first-order chi connectivity index (χ1) is 15.1.